The Morgan fingerprint density at radius 2 is 2.37 bits per heavy atom. The van der Waals surface area contributed by atoms with Gasteiger partial charge in [-0.1, -0.05) is 6.07 Å². The van der Waals surface area contributed by atoms with E-state index < -0.39 is 0 Å². The van der Waals surface area contributed by atoms with E-state index in [1.165, 1.54) is 0 Å². The molecule has 0 aliphatic carbocycles. The standard InChI is InChI=1S/C15H16N2O2/c18-15(9-13-10-19-7-6-16-13)12-3-4-14-11(8-12)2-1-5-17-14/h1-5,8,13,16H,6-7,9-10H2. The van der Waals surface area contributed by atoms with E-state index in [0.29, 0.717) is 13.0 Å². The predicted octanol–water partition coefficient (Wildman–Crippen LogP) is 1.80. The monoisotopic (exact) mass is 256 g/mol. The molecule has 1 unspecified atom stereocenters. The minimum Gasteiger partial charge on any atom is -0.378 e. The summed E-state index contributed by atoms with van der Waals surface area (Å²) in [5.74, 6) is 0.147. The second-order valence-electron chi connectivity index (χ2n) is 4.76. The van der Waals surface area contributed by atoms with E-state index >= 15 is 0 Å². The van der Waals surface area contributed by atoms with Gasteiger partial charge in [0.25, 0.3) is 0 Å². The maximum Gasteiger partial charge on any atom is 0.164 e. The number of Topliss-reactive ketones (excluding diaryl/α,β-unsaturated/α-hetero) is 1. The fourth-order valence-corrected chi connectivity index (χ4v) is 2.34. The number of carbonyl (C=O) groups excluding carboxylic acids is 1. The first-order valence-corrected chi connectivity index (χ1v) is 6.52. The van der Waals surface area contributed by atoms with Crippen molar-refractivity contribution >= 4 is 16.7 Å². The van der Waals surface area contributed by atoms with Gasteiger partial charge in [0.2, 0.25) is 0 Å². The van der Waals surface area contributed by atoms with Crippen molar-refractivity contribution in [3.05, 3.63) is 42.1 Å². The Balaban J connectivity index is 1.77. The average molecular weight is 256 g/mol. The Labute approximate surface area is 111 Å². The predicted molar refractivity (Wildman–Crippen MR) is 73.3 cm³/mol. The SMILES string of the molecule is O=C(CC1COCCN1)c1ccc2ncccc2c1. The van der Waals surface area contributed by atoms with E-state index in [1.54, 1.807) is 6.20 Å². The lowest BCUT2D eigenvalue weighted by molar-refractivity contribution is 0.0676. The van der Waals surface area contributed by atoms with Crippen LogP contribution in [0.2, 0.25) is 0 Å². The summed E-state index contributed by atoms with van der Waals surface area (Å²) >= 11 is 0. The number of aromatic nitrogens is 1. The first-order valence-electron chi connectivity index (χ1n) is 6.52. The number of carbonyl (C=O) groups is 1. The van der Waals surface area contributed by atoms with Gasteiger partial charge in [-0.3, -0.25) is 9.78 Å². The van der Waals surface area contributed by atoms with Gasteiger partial charge in [0, 0.05) is 36.2 Å². The zero-order chi connectivity index (χ0) is 13.1. The number of benzene rings is 1. The zero-order valence-electron chi connectivity index (χ0n) is 10.6. The number of ether oxygens (including phenoxy) is 1. The smallest absolute Gasteiger partial charge is 0.164 e. The third kappa shape index (κ3) is 2.80. The number of rotatable bonds is 3. The van der Waals surface area contributed by atoms with Gasteiger partial charge in [-0.15, -0.1) is 0 Å². The molecule has 3 rings (SSSR count). The highest BCUT2D eigenvalue weighted by Crippen LogP contribution is 2.15. The van der Waals surface area contributed by atoms with Gasteiger partial charge >= 0.3 is 0 Å². The van der Waals surface area contributed by atoms with Crippen LogP contribution in [0.15, 0.2) is 36.5 Å². The number of nitrogens with zero attached hydrogens (tertiary/aromatic N) is 1. The lowest BCUT2D eigenvalue weighted by atomic mass is 10.0. The number of morpholine rings is 1. The molecule has 1 aromatic heterocycles. The highest BCUT2D eigenvalue weighted by molar-refractivity contribution is 5.99. The third-order valence-corrected chi connectivity index (χ3v) is 3.36. The lowest BCUT2D eigenvalue weighted by Crippen LogP contribution is -2.42. The topological polar surface area (TPSA) is 51.2 Å². The van der Waals surface area contributed by atoms with E-state index in [1.807, 2.05) is 30.3 Å². The van der Waals surface area contributed by atoms with E-state index in [4.69, 9.17) is 4.74 Å². The van der Waals surface area contributed by atoms with Crippen molar-refractivity contribution in [3.8, 4) is 0 Å². The first-order chi connectivity index (χ1) is 9.33. The molecule has 0 spiro atoms. The highest BCUT2D eigenvalue weighted by atomic mass is 16.5. The van der Waals surface area contributed by atoms with Crippen molar-refractivity contribution < 1.29 is 9.53 Å². The Kier molecular flexibility index (Phi) is 3.53. The molecular weight excluding hydrogens is 240 g/mol. The Bertz CT molecular complexity index is 591. The van der Waals surface area contributed by atoms with Crippen molar-refractivity contribution in [2.24, 2.45) is 0 Å². The van der Waals surface area contributed by atoms with Crippen LogP contribution in [0.25, 0.3) is 10.9 Å². The Morgan fingerprint density at radius 3 is 3.21 bits per heavy atom. The van der Waals surface area contributed by atoms with E-state index in [0.717, 1.165) is 29.6 Å². The number of pyridine rings is 1. The average Bonchev–Trinajstić information content (AvgIpc) is 2.48. The largest absolute Gasteiger partial charge is 0.378 e. The molecule has 1 aliphatic rings. The van der Waals surface area contributed by atoms with E-state index in [-0.39, 0.29) is 11.8 Å². The third-order valence-electron chi connectivity index (χ3n) is 3.36. The molecule has 98 valence electrons. The number of hydrogen-bond donors (Lipinski definition) is 1. The van der Waals surface area contributed by atoms with Crippen molar-refractivity contribution in [2.45, 2.75) is 12.5 Å². The molecule has 0 radical (unpaired) electrons. The number of nitrogens with one attached hydrogen (secondary N) is 1. The summed E-state index contributed by atoms with van der Waals surface area (Å²) in [5, 5.41) is 4.30. The lowest BCUT2D eigenvalue weighted by Gasteiger charge is -2.23. The maximum absolute atomic E-state index is 12.2. The summed E-state index contributed by atoms with van der Waals surface area (Å²) in [5.41, 5.74) is 1.66. The molecular formula is C15H16N2O2. The summed E-state index contributed by atoms with van der Waals surface area (Å²) in [4.78, 5) is 16.5. The molecule has 0 saturated carbocycles. The molecule has 1 fully saturated rings. The number of fused-ring (bicyclic) bond motifs is 1. The molecule has 2 heterocycles. The molecule has 0 amide bonds. The van der Waals surface area contributed by atoms with Crippen LogP contribution < -0.4 is 5.32 Å². The van der Waals surface area contributed by atoms with E-state index in [9.17, 15) is 4.79 Å². The second kappa shape index (κ2) is 5.47. The van der Waals surface area contributed by atoms with Crippen LogP contribution in [0.5, 0.6) is 0 Å². The normalized spacial score (nSPS) is 19.5. The van der Waals surface area contributed by atoms with E-state index in [2.05, 4.69) is 10.3 Å². The van der Waals surface area contributed by atoms with Crippen molar-refractivity contribution in [1.29, 1.82) is 0 Å². The highest BCUT2D eigenvalue weighted by Gasteiger charge is 2.18. The van der Waals surface area contributed by atoms with Gasteiger partial charge in [0.05, 0.1) is 18.7 Å². The van der Waals surface area contributed by atoms with Gasteiger partial charge in [0.15, 0.2) is 5.78 Å². The number of ketones is 1. The van der Waals surface area contributed by atoms with Crippen molar-refractivity contribution in [2.75, 3.05) is 19.8 Å². The van der Waals surface area contributed by atoms with Crippen LogP contribution in [-0.4, -0.2) is 36.6 Å². The molecule has 19 heavy (non-hydrogen) atoms. The summed E-state index contributed by atoms with van der Waals surface area (Å²) < 4.78 is 5.36. The molecule has 1 aromatic carbocycles. The molecule has 1 N–H and O–H groups in total. The first kappa shape index (κ1) is 12.3. The Morgan fingerprint density at radius 1 is 1.42 bits per heavy atom. The maximum atomic E-state index is 12.2. The van der Waals surface area contributed by atoms with Crippen LogP contribution >= 0.6 is 0 Å². The molecule has 1 atom stereocenters. The van der Waals surface area contributed by atoms with Crippen LogP contribution in [-0.2, 0) is 4.74 Å². The summed E-state index contributed by atoms with van der Waals surface area (Å²) in [6.45, 7) is 2.16. The van der Waals surface area contributed by atoms with Gasteiger partial charge < -0.3 is 10.1 Å². The fraction of sp³-hybridized carbons (Fsp3) is 0.333. The second-order valence-corrected chi connectivity index (χ2v) is 4.76. The molecule has 4 nitrogen and oxygen atoms in total. The van der Waals surface area contributed by atoms with Crippen LogP contribution in [0.1, 0.15) is 16.8 Å². The van der Waals surface area contributed by atoms with Crippen LogP contribution in [0.4, 0.5) is 0 Å². The van der Waals surface area contributed by atoms with Crippen LogP contribution in [0.3, 0.4) is 0 Å². The molecule has 1 aliphatic heterocycles. The zero-order valence-corrected chi connectivity index (χ0v) is 10.6. The molecule has 0 bridgehead atoms. The molecule has 4 heteroatoms. The van der Waals surface area contributed by atoms with Gasteiger partial charge in [-0.05, 0) is 24.3 Å². The van der Waals surface area contributed by atoms with Gasteiger partial charge in [-0.25, -0.2) is 0 Å². The molecule has 1 saturated heterocycles. The fourth-order valence-electron chi connectivity index (χ4n) is 2.34. The van der Waals surface area contributed by atoms with Crippen LogP contribution in [0, 0.1) is 0 Å². The minimum atomic E-state index is 0.130. The summed E-state index contributed by atoms with van der Waals surface area (Å²) in [6, 6.07) is 9.64. The quantitative estimate of drug-likeness (QED) is 0.851. The summed E-state index contributed by atoms with van der Waals surface area (Å²) in [7, 11) is 0. The van der Waals surface area contributed by atoms with Crippen molar-refractivity contribution in [1.82, 2.24) is 10.3 Å². The van der Waals surface area contributed by atoms with Gasteiger partial charge in [-0.2, -0.15) is 0 Å². The minimum absolute atomic E-state index is 0.130. The van der Waals surface area contributed by atoms with Gasteiger partial charge in [0.1, 0.15) is 0 Å². The Hall–Kier alpha value is -1.78. The number of hydrogen-bond acceptors (Lipinski definition) is 4. The molecule has 2 aromatic rings. The van der Waals surface area contributed by atoms with Crippen molar-refractivity contribution in [3.63, 3.8) is 0 Å². The summed E-state index contributed by atoms with van der Waals surface area (Å²) in [6.07, 6.45) is 2.24.